The molecule has 1 aliphatic rings. The molecule has 0 radical (unpaired) electrons. The molecule has 0 aliphatic carbocycles. The van der Waals surface area contributed by atoms with Crippen molar-refractivity contribution in [1.82, 2.24) is 10.3 Å². The number of rotatable bonds is 4. The molecule has 1 amide bonds. The van der Waals surface area contributed by atoms with E-state index < -0.39 is 5.60 Å². The van der Waals surface area contributed by atoms with Crippen molar-refractivity contribution in [3.05, 3.63) is 20.8 Å². The molecule has 2 atom stereocenters. The zero-order chi connectivity index (χ0) is 16.3. The summed E-state index contributed by atoms with van der Waals surface area (Å²) >= 11 is 5.19. The zero-order valence-electron chi connectivity index (χ0n) is 13.3. The summed E-state index contributed by atoms with van der Waals surface area (Å²) in [5.74, 6) is 6.08. The molecule has 0 bridgehead atoms. The van der Waals surface area contributed by atoms with Gasteiger partial charge in [0, 0.05) is 33.9 Å². The number of halogens is 1. The molecule has 3 N–H and O–H groups in total. The molecule has 0 saturated carbocycles. The van der Waals surface area contributed by atoms with Crippen LogP contribution in [0.1, 0.15) is 32.1 Å². The summed E-state index contributed by atoms with van der Waals surface area (Å²) < 4.78 is 6.54. The average molecular weight is 390 g/mol. The highest BCUT2D eigenvalue weighted by molar-refractivity contribution is 9.10. The zero-order valence-corrected chi connectivity index (χ0v) is 15.7. The number of hydrazine groups is 1. The van der Waals surface area contributed by atoms with Crippen LogP contribution in [0.25, 0.3) is 0 Å². The number of ether oxygens (including phenoxy) is 1. The quantitative estimate of drug-likeness (QED) is 0.612. The van der Waals surface area contributed by atoms with Crippen molar-refractivity contribution in [1.29, 1.82) is 0 Å². The van der Waals surface area contributed by atoms with E-state index in [-0.39, 0.29) is 12.1 Å². The van der Waals surface area contributed by atoms with Crippen molar-refractivity contribution in [2.75, 3.05) is 13.1 Å². The van der Waals surface area contributed by atoms with Gasteiger partial charge in [0.2, 0.25) is 0 Å². The van der Waals surface area contributed by atoms with E-state index in [1.807, 2.05) is 20.8 Å². The Morgan fingerprint density at radius 1 is 1.64 bits per heavy atom. The largest absolute Gasteiger partial charge is 0.444 e. The van der Waals surface area contributed by atoms with Crippen LogP contribution in [0.3, 0.4) is 0 Å². The smallest absolute Gasteiger partial charge is 0.410 e. The Balaban J connectivity index is 1.91. The Labute approximate surface area is 144 Å². The molecule has 1 saturated heterocycles. The number of carbonyl (C=O) groups is 1. The number of hydrogen-bond acceptors (Lipinski definition) is 5. The number of nitrogens with zero attached hydrogens (tertiary/aromatic N) is 1. The molecule has 1 aliphatic heterocycles. The van der Waals surface area contributed by atoms with E-state index >= 15 is 0 Å². The molecule has 0 aromatic carbocycles. The molecular formula is C15H24BrN3O2S. The molecule has 1 aromatic rings. The molecule has 2 unspecified atom stereocenters. The molecular weight excluding hydrogens is 366 g/mol. The Bertz CT molecular complexity index is 515. The van der Waals surface area contributed by atoms with E-state index in [4.69, 9.17) is 10.6 Å². The van der Waals surface area contributed by atoms with Gasteiger partial charge in [0.15, 0.2) is 0 Å². The van der Waals surface area contributed by atoms with Crippen molar-refractivity contribution < 1.29 is 9.53 Å². The summed E-state index contributed by atoms with van der Waals surface area (Å²) in [6, 6.07) is 2.29. The lowest BCUT2D eigenvalue weighted by molar-refractivity contribution is 0.0285. The van der Waals surface area contributed by atoms with Crippen molar-refractivity contribution in [2.24, 2.45) is 11.8 Å². The molecule has 2 heterocycles. The van der Waals surface area contributed by atoms with Gasteiger partial charge in [-0.25, -0.2) is 4.79 Å². The molecule has 1 aromatic heterocycles. The van der Waals surface area contributed by atoms with Crippen molar-refractivity contribution in [3.63, 3.8) is 0 Å². The maximum absolute atomic E-state index is 12.1. The summed E-state index contributed by atoms with van der Waals surface area (Å²) in [4.78, 5) is 15.2. The number of amides is 1. The molecule has 2 rings (SSSR count). The van der Waals surface area contributed by atoms with Crippen LogP contribution in [0.2, 0.25) is 0 Å². The first-order valence-corrected chi connectivity index (χ1v) is 9.12. The standard InChI is InChI=1S/C15H24BrN3O2S/c1-15(2,3)21-14(20)19-5-4-10(8-19)13(18-17)7-12-6-11(16)9-22-12/h6,9-10,13,18H,4-5,7-8,17H2,1-3H3. The fraction of sp³-hybridized carbons (Fsp3) is 0.667. The van der Waals surface area contributed by atoms with E-state index in [0.29, 0.717) is 12.5 Å². The van der Waals surface area contributed by atoms with Crippen LogP contribution in [0.4, 0.5) is 4.79 Å². The van der Waals surface area contributed by atoms with Gasteiger partial charge in [0.05, 0.1) is 0 Å². The summed E-state index contributed by atoms with van der Waals surface area (Å²) in [6.45, 7) is 7.08. The fourth-order valence-electron chi connectivity index (χ4n) is 2.65. The third kappa shape index (κ3) is 4.94. The highest BCUT2D eigenvalue weighted by Crippen LogP contribution is 2.27. The number of thiophene rings is 1. The van der Waals surface area contributed by atoms with E-state index in [1.165, 1.54) is 4.88 Å². The van der Waals surface area contributed by atoms with Crippen molar-refractivity contribution >= 4 is 33.4 Å². The lowest BCUT2D eigenvalue weighted by Gasteiger charge is -2.26. The second-order valence-corrected chi connectivity index (χ2v) is 8.60. The number of hydrogen-bond donors (Lipinski definition) is 2. The van der Waals surface area contributed by atoms with Crippen LogP contribution in [-0.4, -0.2) is 35.7 Å². The Morgan fingerprint density at radius 3 is 2.91 bits per heavy atom. The Kier molecular flexibility index (Phi) is 5.87. The van der Waals surface area contributed by atoms with E-state index in [9.17, 15) is 4.79 Å². The van der Waals surface area contributed by atoms with Gasteiger partial charge in [-0.3, -0.25) is 11.3 Å². The second-order valence-electron chi connectivity index (χ2n) is 6.68. The molecule has 0 spiro atoms. The third-order valence-electron chi connectivity index (χ3n) is 3.70. The Hall–Kier alpha value is -0.630. The van der Waals surface area contributed by atoms with E-state index in [2.05, 4.69) is 32.8 Å². The monoisotopic (exact) mass is 389 g/mol. The predicted molar refractivity (Wildman–Crippen MR) is 92.7 cm³/mol. The molecule has 22 heavy (non-hydrogen) atoms. The third-order valence-corrected chi connectivity index (χ3v) is 5.42. The van der Waals surface area contributed by atoms with Crippen molar-refractivity contribution in [2.45, 2.75) is 45.3 Å². The summed E-state index contributed by atoms with van der Waals surface area (Å²) in [5, 5.41) is 2.07. The van der Waals surface area contributed by atoms with Gasteiger partial charge < -0.3 is 9.64 Å². The van der Waals surface area contributed by atoms with Crippen molar-refractivity contribution in [3.8, 4) is 0 Å². The SMILES string of the molecule is CC(C)(C)OC(=O)N1CCC(C(Cc2cc(Br)cs2)NN)C1. The van der Waals surface area contributed by atoms with E-state index in [1.54, 1.807) is 16.2 Å². The lowest BCUT2D eigenvalue weighted by Crippen LogP contribution is -2.44. The molecule has 1 fully saturated rings. The average Bonchev–Trinajstić information content (AvgIpc) is 3.03. The van der Waals surface area contributed by atoms with Crippen LogP contribution in [0.5, 0.6) is 0 Å². The highest BCUT2D eigenvalue weighted by Gasteiger charge is 2.33. The molecule has 5 nitrogen and oxygen atoms in total. The van der Waals surface area contributed by atoms with Gasteiger partial charge in [-0.15, -0.1) is 11.3 Å². The van der Waals surface area contributed by atoms with Gasteiger partial charge in [-0.05, 0) is 61.5 Å². The Morgan fingerprint density at radius 2 is 2.36 bits per heavy atom. The maximum Gasteiger partial charge on any atom is 0.410 e. The lowest BCUT2D eigenvalue weighted by atomic mass is 9.96. The molecule has 124 valence electrons. The minimum atomic E-state index is -0.454. The fourth-order valence-corrected chi connectivity index (χ4v) is 4.16. The van der Waals surface area contributed by atoms with Gasteiger partial charge in [-0.1, -0.05) is 0 Å². The van der Waals surface area contributed by atoms with Gasteiger partial charge in [0.1, 0.15) is 5.60 Å². The second kappa shape index (κ2) is 7.29. The highest BCUT2D eigenvalue weighted by atomic mass is 79.9. The van der Waals surface area contributed by atoms with Crippen LogP contribution >= 0.6 is 27.3 Å². The van der Waals surface area contributed by atoms with Gasteiger partial charge in [-0.2, -0.15) is 0 Å². The van der Waals surface area contributed by atoms with Crippen LogP contribution in [0.15, 0.2) is 15.9 Å². The number of nitrogens with one attached hydrogen (secondary N) is 1. The number of nitrogens with two attached hydrogens (primary N) is 1. The van der Waals surface area contributed by atoms with Gasteiger partial charge in [0.25, 0.3) is 0 Å². The summed E-state index contributed by atoms with van der Waals surface area (Å²) in [6.07, 6.45) is 1.59. The number of likely N-dealkylation sites (tertiary alicyclic amines) is 1. The molecule has 7 heteroatoms. The number of carbonyl (C=O) groups excluding carboxylic acids is 1. The summed E-state index contributed by atoms with van der Waals surface area (Å²) in [7, 11) is 0. The van der Waals surface area contributed by atoms with Crippen LogP contribution in [0, 0.1) is 5.92 Å². The van der Waals surface area contributed by atoms with Crippen LogP contribution < -0.4 is 11.3 Å². The topological polar surface area (TPSA) is 67.6 Å². The minimum Gasteiger partial charge on any atom is -0.444 e. The van der Waals surface area contributed by atoms with E-state index in [0.717, 1.165) is 23.9 Å². The normalized spacial score (nSPS) is 20.2. The first-order valence-electron chi connectivity index (χ1n) is 7.45. The minimum absolute atomic E-state index is 0.165. The summed E-state index contributed by atoms with van der Waals surface area (Å²) in [5.41, 5.74) is 2.47. The first kappa shape index (κ1) is 17.7. The van der Waals surface area contributed by atoms with Gasteiger partial charge >= 0.3 is 6.09 Å². The van der Waals surface area contributed by atoms with Crippen LogP contribution in [-0.2, 0) is 11.2 Å². The predicted octanol–water partition coefficient (Wildman–Crippen LogP) is 3.14. The first-order chi connectivity index (χ1) is 10.3. The maximum atomic E-state index is 12.1.